The van der Waals surface area contributed by atoms with E-state index in [1.165, 1.54) is 6.20 Å². The predicted molar refractivity (Wildman–Crippen MR) is 43.1 cm³/mol. The molecule has 0 bridgehead atoms. The van der Waals surface area contributed by atoms with Crippen LogP contribution in [-0.4, -0.2) is 14.8 Å². The molecule has 0 spiro atoms. The fourth-order valence-corrected chi connectivity index (χ4v) is 1.16. The van der Waals surface area contributed by atoms with Gasteiger partial charge in [0.05, 0.1) is 0 Å². The van der Waals surface area contributed by atoms with Crippen LogP contribution in [-0.2, 0) is 7.05 Å². The summed E-state index contributed by atoms with van der Waals surface area (Å²) in [4.78, 5) is 4.02. The van der Waals surface area contributed by atoms with Crippen LogP contribution in [0.5, 0.6) is 0 Å². The highest BCUT2D eigenvalue weighted by molar-refractivity contribution is 5.19. The summed E-state index contributed by atoms with van der Waals surface area (Å²) in [7, 11) is 1.71. The molecule has 2 N–H and O–H groups in total. The number of quaternary nitrogens is 1. The Balaban J connectivity index is 3.04. The minimum absolute atomic E-state index is 0.235. The third-order valence-electron chi connectivity index (χ3n) is 1.76. The van der Waals surface area contributed by atoms with E-state index >= 15 is 0 Å². The highest BCUT2D eigenvalue weighted by Gasteiger charge is 2.13. The monoisotopic (exact) mass is 171 g/mol. The van der Waals surface area contributed by atoms with Gasteiger partial charge in [-0.2, -0.15) is 5.23 Å². The van der Waals surface area contributed by atoms with Crippen LogP contribution in [0.25, 0.3) is 0 Å². The zero-order valence-corrected chi connectivity index (χ0v) is 7.40. The maximum atomic E-state index is 10.6. The molecule has 0 amide bonds. The molecule has 12 heavy (non-hydrogen) atoms. The molecule has 0 radical (unpaired) electrons. The standard InChI is InChI=1S/C7H13N3O2/c1-5(2)7-8-4-6(9(7)3)10(11)12/h4-5,10-11H,1-3H3. The molecule has 1 heterocycles. The summed E-state index contributed by atoms with van der Waals surface area (Å²) < 4.78 is 1.60. The first-order valence-corrected chi connectivity index (χ1v) is 3.79. The molecule has 1 rings (SSSR count). The van der Waals surface area contributed by atoms with Crippen molar-refractivity contribution in [3.63, 3.8) is 0 Å². The van der Waals surface area contributed by atoms with Gasteiger partial charge < -0.3 is 5.21 Å². The summed E-state index contributed by atoms with van der Waals surface area (Å²) >= 11 is 0. The lowest BCUT2D eigenvalue weighted by Gasteiger charge is -2.12. The van der Waals surface area contributed by atoms with Gasteiger partial charge in [0.1, 0.15) is 12.0 Å². The molecular formula is C7H13N3O2. The lowest BCUT2D eigenvalue weighted by Crippen LogP contribution is -2.99. The number of hydrogen-bond acceptors (Lipinski definition) is 3. The van der Waals surface area contributed by atoms with Crippen molar-refractivity contribution in [2.45, 2.75) is 19.8 Å². The Kier molecular flexibility index (Phi) is 2.46. The van der Waals surface area contributed by atoms with Crippen LogP contribution in [0.3, 0.4) is 0 Å². The van der Waals surface area contributed by atoms with Crippen molar-refractivity contribution >= 4 is 5.82 Å². The van der Waals surface area contributed by atoms with Gasteiger partial charge in [-0.05, 0) is 0 Å². The van der Waals surface area contributed by atoms with Crippen LogP contribution < -0.4 is 5.23 Å². The molecule has 1 atom stereocenters. The maximum absolute atomic E-state index is 10.6. The van der Waals surface area contributed by atoms with E-state index in [-0.39, 0.29) is 11.7 Å². The molecule has 0 aliphatic carbocycles. The quantitative estimate of drug-likeness (QED) is 0.613. The molecule has 0 aliphatic rings. The van der Waals surface area contributed by atoms with Crippen molar-refractivity contribution < 1.29 is 10.4 Å². The Morgan fingerprint density at radius 3 is 2.50 bits per heavy atom. The topological polar surface area (TPSA) is 65.6 Å². The third-order valence-corrected chi connectivity index (χ3v) is 1.76. The van der Waals surface area contributed by atoms with Gasteiger partial charge >= 0.3 is 0 Å². The van der Waals surface area contributed by atoms with Gasteiger partial charge in [-0.15, -0.1) is 0 Å². The molecule has 5 heteroatoms. The first kappa shape index (κ1) is 9.18. The van der Waals surface area contributed by atoms with E-state index < -0.39 is 5.23 Å². The second kappa shape index (κ2) is 3.22. The molecule has 0 saturated heterocycles. The number of nitrogens with zero attached hydrogens (tertiary/aromatic N) is 2. The van der Waals surface area contributed by atoms with Crippen molar-refractivity contribution in [3.05, 3.63) is 17.2 Å². The van der Waals surface area contributed by atoms with Gasteiger partial charge in [0.15, 0.2) is 0 Å². The first-order chi connectivity index (χ1) is 5.54. The average molecular weight is 171 g/mol. The molecule has 1 unspecified atom stereocenters. The van der Waals surface area contributed by atoms with E-state index in [9.17, 15) is 5.21 Å². The molecule has 1 aromatic heterocycles. The van der Waals surface area contributed by atoms with Crippen LogP contribution in [0.1, 0.15) is 25.6 Å². The van der Waals surface area contributed by atoms with E-state index in [4.69, 9.17) is 5.21 Å². The van der Waals surface area contributed by atoms with E-state index in [1.54, 1.807) is 11.6 Å². The van der Waals surface area contributed by atoms with E-state index in [0.717, 1.165) is 5.82 Å². The number of rotatable bonds is 2. The van der Waals surface area contributed by atoms with E-state index in [0.29, 0.717) is 0 Å². The van der Waals surface area contributed by atoms with Crippen molar-refractivity contribution in [1.29, 1.82) is 0 Å². The Labute approximate surface area is 70.8 Å². The summed E-state index contributed by atoms with van der Waals surface area (Å²) in [5, 5.41) is 18.4. The number of nitrogens with one attached hydrogen (secondary N) is 1. The van der Waals surface area contributed by atoms with Gasteiger partial charge in [0, 0.05) is 13.0 Å². The molecule has 0 aromatic carbocycles. The summed E-state index contributed by atoms with van der Waals surface area (Å²) in [5.41, 5.74) is 0. The van der Waals surface area contributed by atoms with Crippen molar-refractivity contribution in [3.8, 4) is 0 Å². The average Bonchev–Trinajstić information content (AvgIpc) is 2.30. The maximum Gasteiger partial charge on any atom is 0.259 e. The zero-order valence-electron chi connectivity index (χ0n) is 7.40. The van der Waals surface area contributed by atoms with E-state index in [2.05, 4.69) is 4.98 Å². The van der Waals surface area contributed by atoms with Gasteiger partial charge in [0.25, 0.3) is 5.82 Å². The minimum Gasteiger partial charge on any atom is -0.594 e. The fraction of sp³-hybridized carbons (Fsp3) is 0.571. The normalized spacial score (nSPS) is 13.8. The number of hydrogen-bond donors (Lipinski definition) is 2. The Morgan fingerprint density at radius 1 is 1.67 bits per heavy atom. The van der Waals surface area contributed by atoms with Gasteiger partial charge in [0.2, 0.25) is 0 Å². The van der Waals surface area contributed by atoms with Gasteiger partial charge in [-0.25, -0.2) is 10.2 Å². The van der Waals surface area contributed by atoms with Crippen LogP contribution in [0.2, 0.25) is 0 Å². The smallest absolute Gasteiger partial charge is 0.259 e. The Morgan fingerprint density at radius 2 is 2.25 bits per heavy atom. The van der Waals surface area contributed by atoms with Crippen LogP contribution in [0.15, 0.2) is 6.20 Å². The highest BCUT2D eigenvalue weighted by atomic mass is 16.8. The van der Waals surface area contributed by atoms with E-state index in [1.807, 2.05) is 13.8 Å². The second-order valence-corrected chi connectivity index (χ2v) is 3.02. The Hall–Kier alpha value is -0.910. The van der Waals surface area contributed by atoms with Crippen molar-refractivity contribution in [2.75, 3.05) is 0 Å². The summed E-state index contributed by atoms with van der Waals surface area (Å²) in [6, 6.07) is 0. The minimum atomic E-state index is -0.933. The number of aromatic nitrogens is 2. The van der Waals surface area contributed by atoms with Crippen molar-refractivity contribution in [1.82, 2.24) is 9.55 Å². The second-order valence-electron chi connectivity index (χ2n) is 3.02. The third kappa shape index (κ3) is 1.47. The largest absolute Gasteiger partial charge is 0.594 e. The van der Waals surface area contributed by atoms with Crippen LogP contribution in [0.4, 0.5) is 5.82 Å². The zero-order chi connectivity index (χ0) is 9.30. The molecule has 5 nitrogen and oxygen atoms in total. The number of imidazole rings is 1. The Bertz CT molecular complexity index is 242. The SMILES string of the molecule is CC(C)c1ncc([NH+]([O-])O)n1C. The highest BCUT2D eigenvalue weighted by Crippen LogP contribution is 2.13. The molecule has 1 aromatic rings. The van der Waals surface area contributed by atoms with Crippen LogP contribution >= 0.6 is 0 Å². The summed E-state index contributed by atoms with van der Waals surface area (Å²) in [5.74, 6) is 1.29. The lowest BCUT2D eigenvalue weighted by atomic mass is 10.2. The lowest BCUT2D eigenvalue weighted by molar-refractivity contribution is -0.994. The molecular weight excluding hydrogens is 158 g/mol. The predicted octanol–water partition coefficient (Wildman–Crippen LogP) is -0.0531. The molecule has 68 valence electrons. The summed E-state index contributed by atoms with van der Waals surface area (Å²) in [6.45, 7) is 3.96. The summed E-state index contributed by atoms with van der Waals surface area (Å²) in [6.07, 6.45) is 1.39. The van der Waals surface area contributed by atoms with Gasteiger partial charge in [-0.3, -0.25) is 4.57 Å². The molecule has 0 fully saturated rings. The molecule has 0 aliphatic heterocycles. The van der Waals surface area contributed by atoms with Gasteiger partial charge in [-0.1, -0.05) is 13.8 Å². The fourth-order valence-electron chi connectivity index (χ4n) is 1.16. The molecule has 0 saturated carbocycles. The van der Waals surface area contributed by atoms with Crippen LogP contribution in [0, 0.1) is 5.21 Å². The van der Waals surface area contributed by atoms with Crippen molar-refractivity contribution in [2.24, 2.45) is 7.05 Å². The first-order valence-electron chi connectivity index (χ1n) is 3.79.